The summed E-state index contributed by atoms with van der Waals surface area (Å²) in [6.45, 7) is 1.15. The molecule has 0 aromatic heterocycles. The summed E-state index contributed by atoms with van der Waals surface area (Å²) in [7, 11) is -3.71. The first-order chi connectivity index (χ1) is 13.1. The summed E-state index contributed by atoms with van der Waals surface area (Å²) in [5.74, 6) is -0.637. The van der Waals surface area contributed by atoms with Crippen molar-refractivity contribution in [3.05, 3.63) is 68.7 Å². The Balaban J connectivity index is 2.13. The summed E-state index contributed by atoms with van der Waals surface area (Å²) in [6, 6.07) is 12.3. The van der Waals surface area contributed by atoms with Crippen molar-refractivity contribution in [3.8, 4) is 0 Å². The van der Waals surface area contributed by atoms with E-state index in [0.717, 1.165) is 10.6 Å². The Hall–Kier alpha value is -2.79. The van der Waals surface area contributed by atoms with Crippen LogP contribution in [0.1, 0.15) is 12.5 Å². The predicted molar refractivity (Wildman–Crippen MR) is 110 cm³/mol. The van der Waals surface area contributed by atoms with E-state index in [-0.39, 0.29) is 5.69 Å². The second kappa shape index (κ2) is 8.93. The van der Waals surface area contributed by atoms with Gasteiger partial charge in [0.2, 0.25) is 10.0 Å². The Morgan fingerprint density at radius 1 is 1.21 bits per heavy atom. The number of amides is 1. The maximum atomic E-state index is 12.2. The molecule has 0 bridgehead atoms. The first-order valence-electron chi connectivity index (χ1n) is 7.90. The number of carbonyl (C=O) groups is 1. The van der Waals surface area contributed by atoms with E-state index >= 15 is 0 Å². The van der Waals surface area contributed by atoms with Gasteiger partial charge in [-0.15, -0.1) is 0 Å². The molecule has 1 N–H and O–H groups in total. The lowest BCUT2D eigenvalue weighted by atomic mass is 10.1. The second-order valence-electron chi connectivity index (χ2n) is 5.76. The summed E-state index contributed by atoms with van der Waals surface area (Å²) in [5.41, 5.74) is 3.57. The molecule has 0 fully saturated rings. The highest BCUT2D eigenvalue weighted by molar-refractivity contribution is 9.10. The number of nitro groups is 1. The van der Waals surface area contributed by atoms with Gasteiger partial charge in [-0.1, -0.05) is 12.1 Å². The van der Waals surface area contributed by atoms with Crippen LogP contribution in [0, 0.1) is 10.1 Å². The van der Waals surface area contributed by atoms with Gasteiger partial charge in [-0.3, -0.25) is 19.2 Å². The van der Waals surface area contributed by atoms with Crippen molar-refractivity contribution in [2.75, 3.05) is 17.1 Å². The highest BCUT2D eigenvalue weighted by Crippen LogP contribution is 2.27. The molecule has 2 aromatic carbocycles. The first kappa shape index (κ1) is 21.5. The van der Waals surface area contributed by atoms with Gasteiger partial charge in [0, 0.05) is 16.6 Å². The molecule has 0 aliphatic carbocycles. The number of non-ortho nitro benzene ring substituents is 1. The number of para-hydroxylation sites is 1. The third-order valence-electron chi connectivity index (χ3n) is 3.65. The molecule has 0 aliphatic heterocycles. The van der Waals surface area contributed by atoms with Gasteiger partial charge in [-0.2, -0.15) is 5.10 Å². The molecule has 0 heterocycles. The Morgan fingerprint density at radius 3 is 2.36 bits per heavy atom. The number of hydrogen-bond donors (Lipinski definition) is 1. The minimum atomic E-state index is -3.71. The smallest absolute Gasteiger partial charge is 0.269 e. The Morgan fingerprint density at radius 2 is 1.82 bits per heavy atom. The van der Waals surface area contributed by atoms with Crippen LogP contribution in [0.25, 0.3) is 0 Å². The molecule has 2 rings (SSSR count). The van der Waals surface area contributed by atoms with Crippen molar-refractivity contribution in [2.45, 2.75) is 6.92 Å². The van der Waals surface area contributed by atoms with Gasteiger partial charge >= 0.3 is 0 Å². The number of benzene rings is 2. The maximum absolute atomic E-state index is 12.2. The number of halogens is 1. The number of carbonyl (C=O) groups excluding carboxylic acids is 1. The van der Waals surface area contributed by atoms with Gasteiger partial charge in [0.15, 0.2) is 0 Å². The van der Waals surface area contributed by atoms with Gasteiger partial charge in [-0.05, 0) is 52.7 Å². The summed E-state index contributed by atoms with van der Waals surface area (Å²) in [4.78, 5) is 22.4. The molecule has 9 nitrogen and oxygen atoms in total. The molecular formula is C17H17BrN4O5S. The van der Waals surface area contributed by atoms with E-state index in [1.807, 2.05) is 0 Å². The molecule has 2 aromatic rings. The highest BCUT2D eigenvalue weighted by Gasteiger charge is 2.22. The van der Waals surface area contributed by atoms with Crippen LogP contribution in [0.15, 0.2) is 58.1 Å². The van der Waals surface area contributed by atoms with Gasteiger partial charge < -0.3 is 0 Å². The van der Waals surface area contributed by atoms with Gasteiger partial charge in [0.05, 0.1) is 22.6 Å². The SMILES string of the molecule is C/C(=N\NC(=O)CN(c1ccccc1Br)S(C)(=O)=O)c1ccc([N+](=O)[O-])cc1. The molecule has 0 aliphatic rings. The monoisotopic (exact) mass is 468 g/mol. The number of nitro benzene ring substituents is 1. The van der Waals surface area contributed by atoms with Crippen LogP contribution in [-0.4, -0.2) is 37.8 Å². The summed E-state index contributed by atoms with van der Waals surface area (Å²) in [5, 5.41) is 14.6. The number of hydrogen-bond acceptors (Lipinski definition) is 6. The average Bonchev–Trinajstić information content (AvgIpc) is 2.64. The van der Waals surface area contributed by atoms with E-state index in [2.05, 4.69) is 26.5 Å². The van der Waals surface area contributed by atoms with Crippen LogP contribution in [0.5, 0.6) is 0 Å². The zero-order chi connectivity index (χ0) is 20.9. The molecule has 148 valence electrons. The minimum absolute atomic E-state index is 0.0576. The van der Waals surface area contributed by atoms with Gasteiger partial charge in [-0.25, -0.2) is 13.8 Å². The normalized spacial score (nSPS) is 11.8. The van der Waals surface area contributed by atoms with E-state index in [0.29, 0.717) is 21.4 Å². The van der Waals surface area contributed by atoms with E-state index in [1.54, 1.807) is 31.2 Å². The molecule has 1 amide bonds. The third kappa shape index (κ3) is 5.60. The number of rotatable bonds is 7. The second-order valence-corrected chi connectivity index (χ2v) is 8.52. The summed E-state index contributed by atoms with van der Waals surface area (Å²) >= 11 is 3.27. The fraction of sp³-hybridized carbons (Fsp3) is 0.176. The first-order valence-corrected chi connectivity index (χ1v) is 10.5. The maximum Gasteiger partial charge on any atom is 0.269 e. The predicted octanol–water partition coefficient (Wildman–Crippen LogP) is 2.66. The molecule has 0 saturated carbocycles. The van der Waals surface area contributed by atoms with Crippen molar-refractivity contribution in [1.82, 2.24) is 5.43 Å². The van der Waals surface area contributed by atoms with Gasteiger partial charge in [0.25, 0.3) is 11.6 Å². The van der Waals surface area contributed by atoms with Crippen molar-refractivity contribution < 1.29 is 18.1 Å². The minimum Gasteiger partial charge on any atom is -0.271 e. The highest BCUT2D eigenvalue weighted by atomic mass is 79.9. The Labute approximate surface area is 170 Å². The number of nitrogens with one attached hydrogen (secondary N) is 1. The van der Waals surface area contributed by atoms with Crippen molar-refractivity contribution in [1.29, 1.82) is 0 Å². The van der Waals surface area contributed by atoms with Crippen LogP contribution >= 0.6 is 15.9 Å². The fourth-order valence-electron chi connectivity index (χ4n) is 2.24. The lowest BCUT2D eigenvalue weighted by Crippen LogP contribution is -2.39. The van der Waals surface area contributed by atoms with Crippen LogP contribution < -0.4 is 9.73 Å². The van der Waals surface area contributed by atoms with Crippen molar-refractivity contribution in [2.24, 2.45) is 5.10 Å². The van der Waals surface area contributed by atoms with E-state index < -0.39 is 27.4 Å². The Kier molecular flexibility index (Phi) is 6.86. The summed E-state index contributed by atoms with van der Waals surface area (Å²) < 4.78 is 25.7. The number of nitrogens with zero attached hydrogens (tertiary/aromatic N) is 3. The molecule has 28 heavy (non-hydrogen) atoms. The van der Waals surface area contributed by atoms with Crippen LogP contribution in [-0.2, 0) is 14.8 Å². The number of anilines is 1. The van der Waals surface area contributed by atoms with Crippen molar-refractivity contribution in [3.63, 3.8) is 0 Å². The van der Waals surface area contributed by atoms with Crippen LogP contribution in [0.3, 0.4) is 0 Å². The number of sulfonamides is 1. The molecule has 0 atom stereocenters. The van der Waals surface area contributed by atoms with Crippen LogP contribution in [0.4, 0.5) is 11.4 Å². The lowest BCUT2D eigenvalue weighted by Gasteiger charge is -2.22. The molecule has 11 heteroatoms. The largest absolute Gasteiger partial charge is 0.271 e. The molecular weight excluding hydrogens is 452 g/mol. The van der Waals surface area contributed by atoms with Crippen molar-refractivity contribution >= 4 is 48.9 Å². The van der Waals surface area contributed by atoms with Gasteiger partial charge in [0.1, 0.15) is 6.54 Å². The third-order valence-corrected chi connectivity index (χ3v) is 5.45. The summed E-state index contributed by atoms with van der Waals surface area (Å²) in [6.07, 6.45) is 1.01. The zero-order valence-electron chi connectivity index (χ0n) is 15.0. The zero-order valence-corrected chi connectivity index (χ0v) is 17.4. The lowest BCUT2D eigenvalue weighted by molar-refractivity contribution is -0.384. The molecule has 0 unspecified atom stereocenters. The fourth-order valence-corrected chi connectivity index (χ4v) is 3.72. The standard InChI is InChI=1S/C17H17BrN4O5S/c1-12(13-7-9-14(10-8-13)22(24)25)19-20-17(23)11-21(28(2,26)27)16-6-4-3-5-15(16)18/h3-10H,11H2,1-2H3,(H,20,23)/b19-12+. The molecule has 0 spiro atoms. The molecule has 0 radical (unpaired) electrons. The Bertz CT molecular complexity index is 1020. The van der Waals surface area contributed by atoms with Crippen LogP contribution in [0.2, 0.25) is 0 Å². The van der Waals surface area contributed by atoms with E-state index in [9.17, 15) is 23.3 Å². The molecule has 0 saturated heterocycles. The van der Waals surface area contributed by atoms with E-state index in [1.165, 1.54) is 24.3 Å². The average molecular weight is 469 g/mol. The quantitative estimate of drug-likeness (QED) is 0.380. The number of hydrazone groups is 1. The topological polar surface area (TPSA) is 122 Å². The van der Waals surface area contributed by atoms with E-state index in [4.69, 9.17) is 0 Å².